The summed E-state index contributed by atoms with van der Waals surface area (Å²) in [6, 6.07) is 14.9. The van der Waals surface area contributed by atoms with Gasteiger partial charge in [0, 0.05) is 21.5 Å². The van der Waals surface area contributed by atoms with Gasteiger partial charge in [-0.25, -0.2) is 9.78 Å². The molecule has 0 saturated carbocycles. The number of carbonyl (C=O) groups excluding carboxylic acids is 2. The third kappa shape index (κ3) is 4.76. The number of nitrogens with zero attached hydrogens (tertiary/aromatic N) is 1. The van der Waals surface area contributed by atoms with E-state index in [-0.39, 0.29) is 17.7 Å². The van der Waals surface area contributed by atoms with E-state index in [4.69, 9.17) is 27.9 Å². The molecule has 0 unspecified atom stereocenters. The molecule has 7 heteroatoms. The lowest BCUT2D eigenvalue weighted by Gasteiger charge is -2.14. The Balaban J connectivity index is 1.61. The number of esters is 1. The highest BCUT2D eigenvalue weighted by Gasteiger charge is 2.19. The lowest BCUT2D eigenvalue weighted by Crippen LogP contribution is -2.39. The first kappa shape index (κ1) is 19.1. The van der Waals surface area contributed by atoms with E-state index in [1.165, 1.54) is 0 Å². The third-order valence-corrected chi connectivity index (χ3v) is 4.51. The Bertz CT molecular complexity index is 990. The van der Waals surface area contributed by atoms with Gasteiger partial charge in [-0.1, -0.05) is 41.4 Å². The summed E-state index contributed by atoms with van der Waals surface area (Å²) in [7, 11) is 0. The van der Waals surface area contributed by atoms with Crippen molar-refractivity contribution < 1.29 is 14.3 Å². The number of nitrogens with one attached hydrogen (secondary N) is 1. The molecule has 1 N–H and O–H groups in total. The largest absolute Gasteiger partial charge is 0.459 e. The van der Waals surface area contributed by atoms with Crippen LogP contribution in [0.15, 0.2) is 54.6 Å². The molecule has 0 bridgehead atoms. The highest BCUT2D eigenvalue weighted by atomic mass is 35.5. The maximum absolute atomic E-state index is 12.2. The summed E-state index contributed by atoms with van der Waals surface area (Å²) in [6.45, 7) is 1.52. The minimum Gasteiger partial charge on any atom is -0.459 e. The fourth-order valence-corrected chi connectivity index (χ4v) is 2.78. The van der Waals surface area contributed by atoms with Crippen molar-refractivity contribution in [3.63, 3.8) is 0 Å². The average Bonchev–Trinajstić information content (AvgIpc) is 2.66. The fourth-order valence-electron chi connectivity index (χ4n) is 2.45. The normalized spacial score (nSPS) is 11.8. The van der Waals surface area contributed by atoms with Crippen LogP contribution in [0.1, 0.15) is 22.8 Å². The Morgan fingerprint density at radius 2 is 1.81 bits per heavy atom. The van der Waals surface area contributed by atoms with Crippen LogP contribution in [0.2, 0.25) is 10.2 Å². The van der Waals surface area contributed by atoms with Crippen molar-refractivity contribution in [2.75, 3.05) is 0 Å². The molecule has 0 aliphatic rings. The second kappa shape index (κ2) is 8.37. The van der Waals surface area contributed by atoms with Gasteiger partial charge in [-0.05, 0) is 43.3 Å². The summed E-state index contributed by atoms with van der Waals surface area (Å²) in [4.78, 5) is 28.6. The van der Waals surface area contributed by atoms with Crippen LogP contribution in [-0.2, 0) is 16.1 Å². The number of halogens is 2. The minimum absolute atomic E-state index is 0.0311. The second-order valence-corrected chi connectivity index (χ2v) is 6.74. The number of rotatable bonds is 5. The molecular weight excluding hydrogens is 387 g/mol. The molecule has 1 heterocycles. The van der Waals surface area contributed by atoms with E-state index in [9.17, 15) is 9.59 Å². The molecule has 0 fully saturated rings. The number of aromatic nitrogens is 1. The molecule has 0 radical (unpaired) electrons. The maximum atomic E-state index is 12.2. The Hall–Kier alpha value is -2.63. The average molecular weight is 403 g/mol. The molecule has 3 aromatic rings. The van der Waals surface area contributed by atoms with Crippen molar-refractivity contribution in [3.8, 4) is 0 Å². The van der Waals surface area contributed by atoms with Crippen LogP contribution in [0.3, 0.4) is 0 Å². The molecule has 1 aromatic heterocycles. The van der Waals surface area contributed by atoms with Gasteiger partial charge in [-0.3, -0.25) is 4.79 Å². The number of amides is 1. The lowest BCUT2D eigenvalue weighted by molar-refractivity contribution is -0.146. The van der Waals surface area contributed by atoms with Gasteiger partial charge in [-0.15, -0.1) is 0 Å². The smallest absolute Gasteiger partial charge is 0.328 e. The highest BCUT2D eigenvalue weighted by Crippen LogP contribution is 2.21. The number of fused-ring (bicyclic) bond motifs is 1. The first-order valence-electron chi connectivity index (χ1n) is 8.21. The Kier molecular flexibility index (Phi) is 5.94. The topological polar surface area (TPSA) is 68.3 Å². The van der Waals surface area contributed by atoms with Crippen molar-refractivity contribution >= 4 is 46.0 Å². The summed E-state index contributed by atoms with van der Waals surface area (Å²) in [6.07, 6.45) is 0. The van der Waals surface area contributed by atoms with Gasteiger partial charge in [0.2, 0.25) is 0 Å². The molecule has 0 saturated heterocycles. The lowest BCUT2D eigenvalue weighted by atomic mass is 10.2. The quantitative estimate of drug-likeness (QED) is 0.507. The van der Waals surface area contributed by atoms with Crippen LogP contribution in [0, 0.1) is 0 Å². The van der Waals surface area contributed by atoms with E-state index in [1.54, 1.807) is 31.2 Å². The Morgan fingerprint density at radius 3 is 2.56 bits per heavy atom. The van der Waals surface area contributed by atoms with E-state index in [0.29, 0.717) is 16.1 Å². The zero-order valence-corrected chi connectivity index (χ0v) is 15.9. The molecule has 0 aliphatic heterocycles. The van der Waals surface area contributed by atoms with Crippen LogP contribution in [0.5, 0.6) is 0 Å². The standard InChI is InChI=1S/C20H16Cl2N2O3/c1-12(23-19(25)13-6-8-16(21)9-7-13)20(26)27-11-15-10-14-4-2-3-5-17(14)24-18(15)22/h2-10,12H,11H2,1H3,(H,23,25)/t12-/m0/s1. The van der Waals surface area contributed by atoms with E-state index in [0.717, 1.165) is 10.9 Å². The predicted molar refractivity (Wildman–Crippen MR) is 105 cm³/mol. The molecule has 27 heavy (non-hydrogen) atoms. The minimum atomic E-state index is -0.819. The van der Waals surface area contributed by atoms with Gasteiger partial charge in [0.1, 0.15) is 17.8 Å². The highest BCUT2D eigenvalue weighted by molar-refractivity contribution is 6.31. The van der Waals surface area contributed by atoms with Crippen molar-refractivity contribution in [2.24, 2.45) is 0 Å². The van der Waals surface area contributed by atoms with Gasteiger partial charge >= 0.3 is 5.97 Å². The van der Waals surface area contributed by atoms with Crippen LogP contribution in [-0.4, -0.2) is 22.9 Å². The molecule has 1 amide bonds. The van der Waals surface area contributed by atoms with Crippen molar-refractivity contribution in [1.29, 1.82) is 0 Å². The van der Waals surface area contributed by atoms with Gasteiger partial charge < -0.3 is 10.1 Å². The molecule has 0 spiro atoms. The summed E-state index contributed by atoms with van der Waals surface area (Å²) in [5.74, 6) is -0.956. The number of carbonyl (C=O) groups is 2. The summed E-state index contributed by atoms with van der Waals surface area (Å²) >= 11 is 12.0. The number of pyridine rings is 1. The molecule has 0 aliphatic carbocycles. The van der Waals surface area contributed by atoms with Crippen molar-refractivity contribution in [3.05, 3.63) is 75.9 Å². The van der Waals surface area contributed by atoms with E-state index < -0.39 is 12.0 Å². The SMILES string of the molecule is C[C@H](NC(=O)c1ccc(Cl)cc1)C(=O)OCc1cc2ccccc2nc1Cl. The van der Waals surface area contributed by atoms with Crippen LogP contribution < -0.4 is 5.32 Å². The summed E-state index contributed by atoms with van der Waals surface area (Å²) in [5.41, 5.74) is 1.77. The predicted octanol–water partition coefficient (Wildman–Crippen LogP) is 4.40. The van der Waals surface area contributed by atoms with Crippen molar-refractivity contribution in [1.82, 2.24) is 10.3 Å². The van der Waals surface area contributed by atoms with Crippen LogP contribution >= 0.6 is 23.2 Å². The number of ether oxygens (including phenoxy) is 1. The fraction of sp³-hybridized carbons (Fsp3) is 0.150. The number of benzene rings is 2. The first-order valence-corrected chi connectivity index (χ1v) is 8.97. The van der Waals surface area contributed by atoms with Gasteiger partial charge in [0.05, 0.1) is 5.52 Å². The van der Waals surface area contributed by atoms with Gasteiger partial charge in [0.25, 0.3) is 5.91 Å². The zero-order valence-electron chi connectivity index (χ0n) is 14.4. The van der Waals surface area contributed by atoms with Crippen molar-refractivity contribution in [2.45, 2.75) is 19.6 Å². The van der Waals surface area contributed by atoms with E-state index in [1.807, 2.05) is 30.3 Å². The molecular formula is C20H16Cl2N2O3. The molecule has 3 rings (SSSR count). The molecule has 1 atom stereocenters. The summed E-state index contributed by atoms with van der Waals surface area (Å²) < 4.78 is 5.28. The number of hydrogen-bond donors (Lipinski definition) is 1. The molecule has 2 aromatic carbocycles. The van der Waals surface area contributed by atoms with E-state index in [2.05, 4.69) is 10.3 Å². The zero-order chi connectivity index (χ0) is 19.4. The Labute approximate surface area is 166 Å². The monoisotopic (exact) mass is 402 g/mol. The number of para-hydroxylation sites is 1. The maximum Gasteiger partial charge on any atom is 0.328 e. The Morgan fingerprint density at radius 1 is 1.11 bits per heavy atom. The summed E-state index contributed by atoms with van der Waals surface area (Å²) in [5, 5.41) is 4.30. The molecule has 138 valence electrons. The molecule has 5 nitrogen and oxygen atoms in total. The first-order chi connectivity index (χ1) is 12.9. The number of hydrogen-bond acceptors (Lipinski definition) is 4. The third-order valence-electron chi connectivity index (χ3n) is 3.93. The second-order valence-electron chi connectivity index (χ2n) is 5.94. The van der Waals surface area contributed by atoms with Gasteiger partial charge in [0.15, 0.2) is 0 Å². The van der Waals surface area contributed by atoms with Crippen LogP contribution in [0.25, 0.3) is 10.9 Å². The van der Waals surface area contributed by atoms with Gasteiger partial charge in [-0.2, -0.15) is 0 Å². The van der Waals surface area contributed by atoms with Crippen LogP contribution in [0.4, 0.5) is 0 Å². The van der Waals surface area contributed by atoms with E-state index >= 15 is 0 Å².